The maximum absolute atomic E-state index is 4.04. The number of nitrogens with zero attached hydrogens (tertiary/aromatic N) is 2. The van der Waals surface area contributed by atoms with E-state index in [-0.39, 0.29) is 0 Å². The first-order valence-corrected chi connectivity index (χ1v) is 11.7. The van der Waals surface area contributed by atoms with Crippen LogP contribution in [0.1, 0.15) is 66.7 Å². The van der Waals surface area contributed by atoms with Crippen LogP contribution >= 0.6 is 0 Å². The van der Waals surface area contributed by atoms with Crippen LogP contribution in [0, 0.1) is 23.7 Å². The van der Waals surface area contributed by atoms with E-state index in [0.29, 0.717) is 0 Å². The maximum atomic E-state index is 4.04. The first-order chi connectivity index (χ1) is 13.8. The van der Waals surface area contributed by atoms with Gasteiger partial charge in [-0.1, -0.05) is 72.1 Å². The zero-order valence-corrected chi connectivity index (χ0v) is 20.5. The summed E-state index contributed by atoms with van der Waals surface area (Å²) in [5.41, 5.74) is 1.09. The monoisotopic (exact) mass is 402 g/mol. The Morgan fingerprint density at radius 2 is 1.48 bits per heavy atom. The van der Waals surface area contributed by atoms with Gasteiger partial charge in [-0.15, -0.1) is 0 Å². The summed E-state index contributed by atoms with van der Waals surface area (Å²) in [5, 5.41) is 0. The van der Waals surface area contributed by atoms with E-state index in [1.807, 2.05) is 25.2 Å². The molecule has 1 atom stereocenters. The molecule has 0 aliphatic carbocycles. The first-order valence-electron chi connectivity index (χ1n) is 11.7. The average Bonchev–Trinajstić information content (AvgIpc) is 2.96. The Balaban J connectivity index is 0.000000455. The van der Waals surface area contributed by atoms with E-state index in [2.05, 4.69) is 64.3 Å². The highest BCUT2D eigenvalue weighted by atomic mass is 15.1. The van der Waals surface area contributed by atoms with Gasteiger partial charge in [0.05, 0.1) is 0 Å². The SMILES string of the molecule is C=C/C=C/C.C=CC(=C)N1CCCCC(C(C)C)C1.CC(C)C1CCN(C)CC1. The Morgan fingerprint density at radius 3 is 1.90 bits per heavy atom. The topological polar surface area (TPSA) is 6.48 Å². The highest BCUT2D eigenvalue weighted by molar-refractivity contribution is 5.10. The second-order valence-corrected chi connectivity index (χ2v) is 9.29. The van der Waals surface area contributed by atoms with Crippen molar-refractivity contribution in [3.63, 3.8) is 0 Å². The van der Waals surface area contributed by atoms with Crippen molar-refractivity contribution in [2.45, 2.75) is 66.7 Å². The highest BCUT2D eigenvalue weighted by Crippen LogP contribution is 2.25. The molecule has 2 heterocycles. The summed E-state index contributed by atoms with van der Waals surface area (Å²) < 4.78 is 0. The third-order valence-electron chi connectivity index (χ3n) is 6.33. The summed E-state index contributed by atoms with van der Waals surface area (Å²) in [5.74, 6) is 3.51. The van der Waals surface area contributed by atoms with E-state index in [1.54, 1.807) is 6.08 Å². The van der Waals surface area contributed by atoms with Crippen molar-refractivity contribution in [1.29, 1.82) is 0 Å². The molecule has 2 fully saturated rings. The summed E-state index contributed by atoms with van der Waals surface area (Å²) >= 11 is 0. The molecule has 0 bridgehead atoms. The van der Waals surface area contributed by atoms with Crippen molar-refractivity contribution in [3.8, 4) is 0 Å². The molecule has 168 valence electrons. The van der Waals surface area contributed by atoms with Crippen LogP contribution < -0.4 is 0 Å². The van der Waals surface area contributed by atoms with Crippen molar-refractivity contribution >= 4 is 0 Å². The molecule has 1 unspecified atom stereocenters. The zero-order chi connectivity index (χ0) is 22.2. The molecule has 2 heteroatoms. The maximum Gasteiger partial charge on any atom is 0.0287 e. The van der Waals surface area contributed by atoms with E-state index < -0.39 is 0 Å². The smallest absolute Gasteiger partial charge is 0.0287 e. The summed E-state index contributed by atoms with van der Waals surface area (Å²) in [6.45, 7) is 27.5. The van der Waals surface area contributed by atoms with Gasteiger partial charge >= 0.3 is 0 Å². The third-order valence-corrected chi connectivity index (χ3v) is 6.33. The van der Waals surface area contributed by atoms with Crippen LogP contribution in [0.25, 0.3) is 0 Å². The van der Waals surface area contributed by atoms with Crippen molar-refractivity contribution in [1.82, 2.24) is 9.80 Å². The summed E-state index contributed by atoms with van der Waals surface area (Å²) in [6, 6.07) is 0. The second kappa shape index (κ2) is 16.5. The minimum absolute atomic E-state index is 0.785. The van der Waals surface area contributed by atoms with Gasteiger partial charge in [-0.25, -0.2) is 0 Å². The summed E-state index contributed by atoms with van der Waals surface area (Å²) in [4.78, 5) is 4.82. The van der Waals surface area contributed by atoms with E-state index in [9.17, 15) is 0 Å². The molecule has 0 aromatic rings. The molecule has 2 aliphatic heterocycles. The minimum atomic E-state index is 0.785. The largest absolute Gasteiger partial charge is 0.372 e. The predicted molar refractivity (Wildman–Crippen MR) is 133 cm³/mol. The molecular formula is C27H50N2. The normalized spacial score (nSPS) is 21.1. The van der Waals surface area contributed by atoms with Crippen molar-refractivity contribution in [2.24, 2.45) is 23.7 Å². The van der Waals surface area contributed by atoms with Gasteiger partial charge in [0, 0.05) is 18.8 Å². The molecule has 0 N–H and O–H groups in total. The quantitative estimate of drug-likeness (QED) is 0.449. The number of hydrogen-bond acceptors (Lipinski definition) is 2. The average molecular weight is 403 g/mol. The van der Waals surface area contributed by atoms with Crippen LogP contribution in [0.3, 0.4) is 0 Å². The second-order valence-electron chi connectivity index (χ2n) is 9.29. The molecule has 2 saturated heterocycles. The van der Waals surface area contributed by atoms with Gasteiger partial charge in [-0.2, -0.15) is 0 Å². The molecular weight excluding hydrogens is 352 g/mol. The molecule has 2 nitrogen and oxygen atoms in total. The fourth-order valence-corrected chi connectivity index (χ4v) is 3.94. The van der Waals surface area contributed by atoms with Gasteiger partial charge in [0.1, 0.15) is 0 Å². The molecule has 29 heavy (non-hydrogen) atoms. The number of piperidine rings is 1. The first kappa shape index (κ1) is 27.7. The van der Waals surface area contributed by atoms with E-state index in [1.165, 1.54) is 51.7 Å². The predicted octanol–water partition coefficient (Wildman–Crippen LogP) is 7.18. The Bertz CT molecular complexity index is 467. The van der Waals surface area contributed by atoms with Crippen molar-refractivity contribution in [2.75, 3.05) is 33.2 Å². The molecule has 0 amide bonds. The van der Waals surface area contributed by atoms with Crippen LogP contribution in [-0.4, -0.2) is 43.0 Å². The standard InChI is InChI=1S/C13H23N.C9H19N.C5H8/c1-5-12(4)14-9-7-6-8-13(10-14)11(2)3;1-8(2)9-4-6-10(3)7-5-9;1-3-5-4-2/h5,11,13H,1,4,6-10H2,2-3H3;8-9H,4-7H2,1-3H3;3-5H,1H2,2H3/b;;5-4+. The molecule has 0 saturated carbocycles. The zero-order valence-electron chi connectivity index (χ0n) is 20.5. The lowest BCUT2D eigenvalue weighted by molar-refractivity contribution is 0.185. The number of hydrogen-bond donors (Lipinski definition) is 0. The lowest BCUT2D eigenvalue weighted by Gasteiger charge is -2.31. The van der Waals surface area contributed by atoms with Crippen LogP contribution in [0.2, 0.25) is 0 Å². The van der Waals surface area contributed by atoms with Gasteiger partial charge in [-0.3, -0.25) is 0 Å². The van der Waals surface area contributed by atoms with Crippen LogP contribution in [-0.2, 0) is 0 Å². The fourth-order valence-electron chi connectivity index (χ4n) is 3.94. The molecule has 0 aromatic heterocycles. The highest BCUT2D eigenvalue weighted by Gasteiger charge is 2.20. The lowest BCUT2D eigenvalue weighted by atomic mass is 9.87. The van der Waals surface area contributed by atoms with Crippen LogP contribution in [0.4, 0.5) is 0 Å². The lowest BCUT2D eigenvalue weighted by Crippen LogP contribution is -2.32. The minimum Gasteiger partial charge on any atom is -0.372 e. The van der Waals surface area contributed by atoms with Gasteiger partial charge in [0.2, 0.25) is 0 Å². The summed E-state index contributed by atoms with van der Waals surface area (Å²) in [7, 11) is 2.22. The van der Waals surface area contributed by atoms with Gasteiger partial charge in [0.25, 0.3) is 0 Å². The number of rotatable bonds is 5. The van der Waals surface area contributed by atoms with Gasteiger partial charge in [-0.05, 0) is 82.5 Å². The Kier molecular flexibility index (Phi) is 15.8. The van der Waals surface area contributed by atoms with E-state index in [0.717, 1.165) is 35.9 Å². The number of allylic oxidation sites excluding steroid dienone is 4. The van der Waals surface area contributed by atoms with E-state index in [4.69, 9.17) is 0 Å². The van der Waals surface area contributed by atoms with Crippen LogP contribution in [0.5, 0.6) is 0 Å². The molecule has 0 spiro atoms. The Hall–Kier alpha value is -1.28. The van der Waals surface area contributed by atoms with Gasteiger partial charge in [0.15, 0.2) is 0 Å². The molecule has 2 aliphatic rings. The van der Waals surface area contributed by atoms with Crippen LogP contribution in [0.15, 0.2) is 49.7 Å². The third kappa shape index (κ3) is 12.8. The number of likely N-dealkylation sites (tertiary alicyclic amines) is 2. The Morgan fingerprint density at radius 1 is 0.897 bits per heavy atom. The van der Waals surface area contributed by atoms with Crippen molar-refractivity contribution < 1.29 is 0 Å². The molecule has 0 radical (unpaired) electrons. The molecule has 2 rings (SSSR count). The Labute approximate surface area is 183 Å². The summed E-state index contributed by atoms with van der Waals surface area (Å²) in [6.07, 6.45) is 14.3. The van der Waals surface area contributed by atoms with Crippen molar-refractivity contribution in [3.05, 3.63) is 49.7 Å². The van der Waals surface area contributed by atoms with E-state index >= 15 is 0 Å². The molecule has 0 aromatic carbocycles. The van der Waals surface area contributed by atoms with Gasteiger partial charge < -0.3 is 9.80 Å². The fraction of sp³-hybridized carbons (Fsp3) is 0.704.